The number of carboxylic acid groups (broad SMARTS) is 2. The predicted molar refractivity (Wildman–Crippen MR) is 99.3 cm³/mol. The van der Waals surface area contributed by atoms with Crippen molar-refractivity contribution in [3.8, 4) is 12.1 Å². The van der Waals surface area contributed by atoms with Gasteiger partial charge in [0, 0.05) is 0 Å². The van der Waals surface area contributed by atoms with E-state index < -0.39 is 11.9 Å². The Balaban J connectivity index is 0.000000161. The summed E-state index contributed by atoms with van der Waals surface area (Å²) in [5, 5.41) is 34.6. The van der Waals surface area contributed by atoms with Crippen molar-refractivity contribution < 1.29 is 19.8 Å². The van der Waals surface area contributed by atoms with Crippen molar-refractivity contribution in [1.29, 1.82) is 10.5 Å². The Hall–Kier alpha value is -3.64. The molecule has 2 aliphatic rings. The minimum atomic E-state index is -0.723. The highest BCUT2D eigenvalue weighted by Gasteiger charge is 2.44. The van der Waals surface area contributed by atoms with Gasteiger partial charge >= 0.3 is 11.9 Å². The summed E-state index contributed by atoms with van der Waals surface area (Å²) < 4.78 is 0. The zero-order valence-electron chi connectivity index (χ0n) is 14.9. The molecule has 4 atom stereocenters. The minimum Gasteiger partial charge on any atom is -0.481 e. The van der Waals surface area contributed by atoms with Gasteiger partial charge in [0.15, 0.2) is 0 Å². The van der Waals surface area contributed by atoms with Gasteiger partial charge in [-0.2, -0.15) is 10.5 Å². The molecular weight excluding hydrogens is 356 g/mol. The second kappa shape index (κ2) is 7.94. The SMILES string of the molecule is N#Cc1ccc([C@@H]2C[C@H]2C(=O)O)cc1.N#Cc1ccc([C@H]2C[C@@H]2C(=O)O)cc1. The van der Waals surface area contributed by atoms with Crippen molar-refractivity contribution in [2.45, 2.75) is 24.7 Å². The van der Waals surface area contributed by atoms with Crippen LogP contribution in [0, 0.1) is 34.5 Å². The molecule has 2 aliphatic carbocycles. The van der Waals surface area contributed by atoms with Gasteiger partial charge in [-0.15, -0.1) is 0 Å². The van der Waals surface area contributed by atoms with Gasteiger partial charge in [-0.25, -0.2) is 0 Å². The lowest BCUT2D eigenvalue weighted by Gasteiger charge is -1.97. The molecule has 0 bridgehead atoms. The summed E-state index contributed by atoms with van der Waals surface area (Å²) >= 11 is 0. The minimum absolute atomic E-state index is 0.153. The summed E-state index contributed by atoms with van der Waals surface area (Å²) in [6.07, 6.45) is 1.45. The third-order valence-corrected chi connectivity index (χ3v) is 5.15. The van der Waals surface area contributed by atoms with Crippen LogP contribution in [0.15, 0.2) is 48.5 Å². The van der Waals surface area contributed by atoms with Gasteiger partial charge in [0.25, 0.3) is 0 Å². The standard InChI is InChI=1S/2C11H9NO2/c2*12-6-7-1-3-8(4-2-7)9-5-10(9)11(13)14/h2*1-4,9-10H,5H2,(H,13,14)/t2*9-,10+/m10/s1. The maximum Gasteiger partial charge on any atom is 0.307 e. The lowest BCUT2D eigenvalue weighted by molar-refractivity contribution is -0.139. The van der Waals surface area contributed by atoms with Gasteiger partial charge in [0.2, 0.25) is 0 Å². The van der Waals surface area contributed by atoms with E-state index in [4.69, 9.17) is 20.7 Å². The molecule has 0 aliphatic heterocycles. The maximum atomic E-state index is 10.6. The van der Waals surface area contributed by atoms with Crippen molar-refractivity contribution in [1.82, 2.24) is 0 Å². The summed E-state index contributed by atoms with van der Waals surface area (Å²) in [5.41, 5.74) is 3.27. The number of aliphatic carboxylic acids is 2. The number of carboxylic acids is 2. The summed E-state index contributed by atoms with van der Waals surface area (Å²) in [7, 11) is 0. The van der Waals surface area contributed by atoms with Crippen molar-refractivity contribution in [2.75, 3.05) is 0 Å². The van der Waals surface area contributed by atoms with Gasteiger partial charge in [-0.3, -0.25) is 9.59 Å². The lowest BCUT2D eigenvalue weighted by atomic mass is 10.1. The fourth-order valence-electron chi connectivity index (χ4n) is 3.28. The Labute approximate surface area is 162 Å². The molecule has 0 spiro atoms. The van der Waals surface area contributed by atoms with Crippen molar-refractivity contribution in [2.24, 2.45) is 11.8 Å². The smallest absolute Gasteiger partial charge is 0.307 e. The molecule has 0 unspecified atom stereocenters. The zero-order valence-corrected chi connectivity index (χ0v) is 14.9. The monoisotopic (exact) mass is 374 g/mol. The fraction of sp³-hybridized carbons (Fsp3) is 0.273. The summed E-state index contributed by atoms with van der Waals surface area (Å²) in [6, 6.07) is 18.3. The Morgan fingerprint density at radius 1 is 0.714 bits per heavy atom. The van der Waals surface area contributed by atoms with E-state index in [-0.39, 0.29) is 23.7 Å². The summed E-state index contributed by atoms with van der Waals surface area (Å²) in [4.78, 5) is 21.2. The van der Waals surface area contributed by atoms with E-state index in [1.54, 1.807) is 24.3 Å². The van der Waals surface area contributed by atoms with Crippen LogP contribution in [0.25, 0.3) is 0 Å². The van der Waals surface area contributed by atoms with Crippen LogP contribution in [0.3, 0.4) is 0 Å². The molecule has 6 heteroatoms. The highest BCUT2D eigenvalue weighted by atomic mass is 16.4. The first-order chi connectivity index (χ1) is 13.4. The van der Waals surface area contributed by atoms with Gasteiger partial charge in [0.1, 0.15) is 0 Å². The first kappa shape index (κ1) is 19.1. The second-order valence-electron chi connectivity index (χ2n) is 7.04. The van der Waals surface area contributed by atoms with Gasteiger partial charge in [-0.05, 0) is 60.1 Å². The molecule has 2 fully saturated rings. The zero-order chi connectivity index (χ0) is 20.3. The Morgan fingerprint density at radius 3 is 1.25 bits per heavy atom. The average molecular weight is 374 g/mol. The molecule has 2 N–H and O–H groups in total. The molecule has 4 rings (SSSR count). The summed E-state index contributed by atoms with van der Waals surface area (Å²) in [5.74, 6) is -1.58. The van der Waals surface area contributed by atoms with E-state index in [0.29, 0.717) is 11.1 Å². The number of benzene rings is 2. The van der Waals surface area contributed by atoms with Crippen LogP contribution in [-0.4, -0.2) is 22.2 Å². The number of hydrogen-bond acceptors (Lipinski definition) is 4. The summed E-state index contributed by atoms with van der Waals surface area (Å²) in [6.45, 7) is 0. The lowest BCUT2D eigenvalue weighted by Crippen LogP contribution is -1.98. The van der Waals surface area contributed by atoms with Gasteiger partial charge < -0.3 is 10.2 Å². The van der Waals surface area contributed by atoms with Crippen LogP contribution in [0.1, 0.15) is 46.9 Å². The first-order valence-electron chi connectivity index (χ1n) is 8.90. The number of hydrogen-bond donors (Lipinski definition) is 2. The van der Waals surface area contributed by atoms with Crippen LogP contribution in [0.5, 0.6) is 0 Å². The van der Waals surface area contributed by atoms with E-state index in [0.717, 1.165) is 24.0 Å². The number of rotatable bonds is 4. The molecule has 140 valence electrons. The van der Waals surface area contributed by atoms with Crippen LogP contribution in [0.2, 0.25) is 0 Å². The van der Waals surface area contributed by atoms with Crippen LogP contribution >= 0.6 is 0 Å². The van der Waals surface area contributed by atoms with Crippen LogP contribution in [-0.2, 0) is 9.59 Å². The number of nitrogens with zero attached hydrogens (tertiary/aromatic N) is 2. The molecule has 6 nitrogen and oxygen atoms in total. The molecule has 0 radical (unpaired) electrons. The molecule has 28 heavy (non-hydrogen) atoms. The number of nitriles is 2. The normalized spacial score (nSPS) is 23.9. The second-order valence-corrected chi connectivity index (χ2v) is 7.04. The molecule has 0 aromatic heterocycles. The van der Waals surface area contributed by atoms with Crippen molar-refractivity contribution in [3.63, 3.8) is 0 Å². The van der Waals surface area contributed by atoms with E-state index in [9.17, 15) is 9.59 Å². The first-order valence-corrected chi connectivity index (χ1v) is 8.90. The molecule has 2 aromatic rings. The van der Waals surface area contributed by atoms with E-state index >= 15 is 0 Å². The number of carbonyl (C=O) groups is 2. The molecule has 2 aromatic carbocycles. The molecule has 0 saturated heterocycles. The fourth-order valence-corrected chi connectivity index (χ4v) is 3.28. The largest absolute Gasteiger partial charge is 0.481 e. The average Bonchev–Trinajstić information content (AvgIpc) is 3.61. The highest BCUT2D eigenvalue weighted by molar-refractivity contribution is 5.75. The van der Waals surface area contributed by atoms with Gasteiger partial charge in [0.05, 0.1) is 35.1 Å². The highest BCUT2D eigenvalue weighted by Crippen LogP contribution is 2.48. The van der Waals surface area contributed by atoms with Crippen LogP contribution in [0.4, 0.5) is 0 Å². The van der Waals surface area contributed by atoms with Crippen LogP contribution < -0.4 is 0 Å². The Kier molecular flexibility index (Phi) is 5.42. The third kappa shape index (κ3) is 4.36. The van der Waals surface area contributed by atoms with E-state index in [1.807, 2.05) is 36.4 Å². The molecular formula is C22H18N2O4. The topological polar surface area (TPSA) is 122 Å². The molecule has 2 saturated carbocycles. The molecule has 0 amide bonds. The van der Waals surface area contributed by atoms with Gasteiger partial charge in [-0.1, -0.05) is 24.3 Å². The maximum absolute atomic E-state index is 10.6. The third-order valence-electron chi connectivity index (χ3n) is 5.15. The Bertz CT molecular complexity index is 886. The quantitative estimate of drug-likeness (QED) is 0.844. The van der Waals surface area contributed by atoms with E-state index in [2.05, 4.69) is 0 Å². The Morgan fingerprint density at radius 2 is 1.04 bits per heavy atom. The van der Waals surface area contributed by atoms with Crippen molar-refractivity contribution in [3.05, 3.63) is 70.8 Å². The van der Waals surface area contributed by atoms with Crippen molar-refractivity contribution >= 4 is 11.9 Å². The van der Waals surface area contributed by atoms with E-state index in [1.165, 1.54) is 0 Å². The molecule has 0 heterocycles. The predicted octanol–water partition coefficient (Wildman–Crippen LogP) is 3.49.